The Morgan fingerprint density at radius 3 is 2.06 bits per heavy atom. The minimum Gasteiger partial charge on any atom is -0.351 e. The Morgan fingerprint density at radius 1 is 0.806 bits per heavy atom. The van der Waals surface area contributed by atoms with Gasteiger partial charge in [-0.05, 0) is 55.5 Å². The van der Waals surface area contributed by atoms with Crippen LogP contribution in [0.15, 0.2) is 64.4 Å². The summed E-state index contributed by atoms with van der Waals surface area (Å²) in [6, 6.07) is 14.6. The normalized spacial score (nSPS) is 18.2. The molecule has 0 bridgehead atoms. The molecule has 1 aliphatic carbocycles. The van der Waals surface area contributed by atoms with E-state index in [1.165, 1.54) is 8.61 Å². The smallest absolute Gasteiger partial charge is 0.243 e. The SMILES string of the molecule is O=C(CN(C1CCCCC1)S(=O)(=O)c1ccccc1)NCc1ccc(S(=O)(=O)N2CCCCC2)cc1. The number of benzene rings is 2. The van der Waals surface area contributed by atoms with E-state index >= 15 is 0 Å². The lowest BCUT2D eigenvalue weighted by molar-refractivity contribution is -0.121. The summed E-state index contributed by atoms with van der Waals surface area (Å²) in [5, 5.41) is 2.81. The molecule has 0 aromatic heterocycles. The Labute approximate surface area is 214 Å². The van der Waals surface area contributed by atoms with Crippen molar-refractivity contribution in [1.29, 1.82) is 0 Å². The van der Waals surface area contributed by atoms with Gasteiger partial charge in [-0.1, -0.05) is 56.0 Å². The van der Waals surface area contributed by atoms with Gasteiger partial charge in [-0.2, -0.15) is 8.61 Å². The predicted molar refractivity (Wildman–Crippen MR) is 138 cm³/mol. The topological polar surface area (TPSA) is 104 Å². The highest BCUT2D eigenvalue weighted by atomic mass is 32.2. The van der Waals surface area contributed by atoms with Gasteiger partial charge in [0.2, 0.25) is 26.0 Å². The molecular weight excluding hydrogens is 498 g/mol. The number of hydrogen-bond acceptors (Lipinski definition) is 5. The lowest BCUT2D eigenvalue weighted by atomic mass is 9.95. The number of carbonyl (C=O) groups excluding carboxylic acids is 1. The third-order valence-corrected chi connectivity index (χ3v) is 10.8. The van der Waals surface area contributed by atoms with E-state index in [9.17, 15) is 21.6 Å². The molecule has 196 valence electrons. The Balaban J connectivity index is 1.41. The molecule has 2 aromatic carbocycles. The van der Waals surface area contributed by atoms with Gasteiger partial charge >= 0.3 is 0 Å². The first kappa shape index (κ1) is 26.8. The van der Waals surface area contributed by atoms with E-state index in [2.05, 4.69) is 5.32 Å². The Morgan fingerprint density at radius 2 is 1.42 bits per heavy atom. The minimum absolute atomic E-state index is 0.187. The van der Waals surface area contributed by atoms with Gasteiger partial charge in [-0.25, -0.2) is 16.8 Å². The number of rotatable bonds is 9. The molecule has 0 unspecified atom stereocenters. The maximum Gasteiger partial charge on any atom is 0.243 e. The number of nitrogens with zero attached hydrogens (tertiary/aromatic N) is 2. The molecule has 4 rings (SSSR count). The Kier molecular flexibility index (Phi) is 8.82. The van der Waals surface area contributed by atoms with Gasteiger partial charge in [-0.15, -0.1) is 0 Å². The average molecular weight is 534 g/mol. The summed E-state index contributed by atoms with van der Waals surface area (Å²) in [4.78, 5) is 13.3. The van der Waals surface area contributed by atoms with Crippen LogP contribution in [0.4, 0.5) is 0 Å². The second-order valence-corrected chi connectivity index (χ2v) is 13.4. The van der Waals surface area contributed by atoms with E-state index < -0.39 is 20.0 Å². The van der Waals surface area contributed by atoms with Crippen LogP contribution in [0.25, 0.3) is 0 Å². The van der Waals surface area contributed by atoms with Gasteiger partial charge in [0, 0.05) is 25.7 Å². The molecule has 8 nitrogen and oxygen atoms in total. The highest BCUT2D eigenvalue weighted by Gasteiger charge is 2.34. The molecule has 10 heteroatoms. The van der Waals surface area contributed by atoms with Crippen molar-refractivity contribution in [1.82, 2.24) is 13.9 Å². The molecule has 1 saturated carbocycles. The maximum absolute atomic E-state index is 13.4. The van der Waals surface area contributed by atoms with Crippen LogP contribution in [0.1, 0.15) is 56.9 Å². The van der Waals surface area contributed by atoms with Crippen LogP contribution < -0.4 is 5.32 Å². The molecule has 1 amide bonds. The van der Waals surface area contributed by atoms with Gasteiger partial charge in [0.05, 0.1) is 16.3 Å². The predicted octanol–water partition coefficient (Wildman–Crippen LogP) is 3.50. The first-order valence-corrected chi connectivity index (χ1v) is 15.6. The van der Waals surface area contributed by atoms with Crippen molar-refractivity contribution in [3.05, 3.63) is 60.2 Å². The maximum atomic E-state index is 13.4. The summed E-state index contributed by atoms with van der Waals surface area (Å²) < 4.78 is 55.3. The molecule has 0 radical (unpaired) electrons. The molecule has 2 aliphatic rings. The van der Waals surface area contributed by atoms with Crippen LogP contribution in [0.2, 0.25) is 0 Å². The summed E-state index contributed by atoms with van der Waals surface area (Å²) in [5.41, 5.74) is 0.746. The Hall–Kier alpha value is -2.27. The van der Waals surface area contributed by atoms with E-state index in [4.69, 9.17) is 0 Å². The zero-order chi connectivity index (χ0) is 25.6. The third kappa shape index (κ3) is 6.34. The van der Waals surface area contributed by atoms with Crippen LogP contribution in [0, 0.1) is 0 Å². The summed E-state index contributed by atoms with van der Waals surface area (Å²) in [5.74, 6) is -0.384. The van der Waals surface area contributed by atoms with Gasteiger partial charge in [0.25, 0.3) is 0 Å². The Bertz CT molecular complexity index is 1220. The lowest BCUT2D eigenvalue weighted by Gasteiger charge is -2.33. The summed E-state index contributed by atoms with van der Waals surface area (Å²) >= 11 is 0. The monoisotopic (exact) mass is 533 g/mol. The second kappa shape index (κ2) is 11.9. The van der Waals surface area contributed by atoms with Crippen molar-refractivity contribution in [3.63, 3.8) is 0 Å². The van der Waals surface area contributed by atoms with E-state index in [1.807, 2.05) is 0 Å². The zero-order valence-corrected chi connectivity index (χ0v) is 22.1. The number of carbonyl (C=O) groups is 1. The van der Waals surface area contributed by atoms with E-state index in [0.717, 1.165) is 56.9 Å². The van der Waals surface area contributed by atoms with Crippen LogP contribution >= 0.6 is 0 Å². The summed E-state index contributed by atoms with van der Waals surface area (Å²) in [7, 11) is -7.32. The molecular formula is C26H35N3O5S2. The van der Waals surface area contributed by atoms with Crippen LogP contribution in [-0.4, -0.2) is 57.0 Å². The van der Waals surface area contributed by atoms with Crippen LogP contribution in [0.5, 0.6) is 0 Å². The molecule has 1 heterocycles. The van der Waals surface area contributed by atoms with Crippen molar-refractivity contribution < 1.29 is 21.6 Å². The van der Waals surface area contributed by atoms with Gasteiger partial charge in [0.15, 0.2) is 0 Å². The summed E-state index contributed by atoms with van der Waals surface area (Å²) in [6.45, 7) is 1.03. The van der Waals surface area contributed by atoms with E-state index in [1.54, 1.807) is 54.6 Å². The largest absolute Gasteiger partial charge is 0.351 e. The molecule has 36 heavy (non-hydrogen) atoms. The highest BCUT2D eigenvalue weighted by molar-refractivity contribution is 7.89. The van der Waals surface area contributed by atoms with Crippen molar-refractivity contribution >= 4 is 26.0 Å². The fraction of sp³-hybridized carbons (Fsp3) is 0.500. The van der Waals surface area contributed by atoms with E-state index in [-0.39, 0.29) is 34.8 Å². The first-order chi connectivity index (χ1) is 17.3. The van der Waals surface area contributed by atoms with Crippen molar-refractivity contribution in [2.24, 2.45) is 0 Å². The van der Waals surface area contributed by atoms with Crippen LogP contribution in [-0.2, 0) is 31.4 Å². The number of sulfonamides is 2. The van der Waals surface area contributed by atoms with Crippen LogP contribution in [0.3, 0.4) is 0 Å². The molecule has 0 spiro atoms. The summed E-state index contributed by atoms with van der Waals surface area (Å²) in [6.07, 6.45) is 7.25. The minimum atomic E-state index is -3.81. The molecule has 2 fully saturated rings. The molecule has 1 N–H and O–H groups in total. The lowest BCUT2D eigenvalue weighted by Crippen LogP contribution is -2.46. The fourth-order valence-corrected chi connectivity index (χ4v) is 8.12. The van der Waals surface area contributed by atoms with E-state index in [0.29, 0.717) is 13.1 Å². The highest BCUT2D eigenvalue weighted by Crippen LogP contribution is 2.27. The fourth-order valence-electron chi connectivity index (χ4n) is 4.94. The molecule has 2 aromatic rings. The molecule has 1 aliphatic heterocycles. The van der Waals surface area contributed by atoms with Crippen molar-refractivity contribution in [2.45, 2.75) is 73.7 Å². The number of piperidine rings is 1. The van der Waals surface area contributed by atoms with Gasteiger partial charge < -0.3 is 5.32 Å². The molecule has 0 atom stereocenters. The third-order valence-electron chi connectivity index (χ3n) is 7.00. The zero-order valence-electron chi connectivity index (χ0n) is 20.5. The van der Waals surface area contributed by atoms with Gasteiger partial charge in [-0.3, -0.25) is 4.79 Å². The number of hydrogen-bond donors (Lipinski definition) is 1. The first-order valence-electron chi connectivity index (χ1n) is 12.7. The average Bonchev–Trinajstić information content (AvgIpc) is 2.92. The number of nitrogens with one attached hydrogen (secondary N) is 1. The standard InChI is InChI=1S/C26H35N3O5S2/c30-26(21-29(23-10-4-1-5-11-23)36(33,34)24-12-6-2-7-13-24)27-20-22-14-16-25(17-15-22)35(31,32)28-18-8-3-9-19-28/h2,6-7,12-17,23H,1,3-5,8-11,18-21H2,(H,27,30). The van der Waals surface area contributed by atoms with Gasteiger partial charge in [0.1, 0.15) is 0 Å². The van der Waals surface area contributed by atoms with Crippen molar-refractivity contribution in [3.8, 4) is 0 Å². The van der Waals surface area contributed by atoms with Crippen molar-refractivity contribution in [2.75, 3.05) is 19.6 Å². The number of amides is 1. The quantitative estimate of drug-likeness (QED) is 0.531. The molecule has 1 saturated heterocycles. The second-order valence-electron chi connectivity index (χ2n) is 9.54.